The van der Waals surface area contributed by atoms with Crippen molar-refractivity contribution in [3.8, 4) is 0 Å². The minimum atomic E-state index is -1.10. The van der Waals surface area contributed by atoms with Gasteiger partial charge in [0.25, 0.3) is 0 Å². The van der Waals surface area contributed by atoms with Gasteiger partial charge in [0.15, 0.2) is 5.78 Å². The second kappa shape index (κ2) is 8.77. The van der Waals surface area contributed by atoms with E-state index < -0.39 is 22.4 Å². The first kappa shape index (κ1) is 22.6. The van der Waals surface area contributed by atoms with Gasteiger partial charge in [-0.2, -0.15) is 15.3 Å². The molecule has 2 unspecified atom stereocenters. The number of carbonyl (C=O) groups excluding carboxylic acids is 2. The third-order valence-electron chi connectivity index (χ3n) is 7.85. The zero-order valence-corrected chi connectivity index (χ0v) is 18.4. The highest BCUT2D eigenvalue weighted by Crippen LogP contribution is 2.61. The summed E-state index contributed by atoms with van der Waals surface area (Å²) in [6.07, 6.45) is 3.00. The SMILES string of the molecule is N=NC1(C(C=O)Cc2ccccc2)CCC2(CC1)C(=O)C(=NN)CC2(N=N)c1ccccc1. The van der Waals surface area contributed by atoms with E-state index in [1.54, 1.807) is 0 Å². The number of Topliss-reactive ketones (excluding diaryl/α,β-unsaturated/α-hetero) is 1. The summed E-state index contributed by atoms with van der Waals surface area (Å²) in [5, 5.41) is 11.8. The Bertz CT molecular complexity index is 1080. The normalized spacial score (nSPS) is 31.4. The van der Waals surface area contributed by atoms with Crippen LogP contribution in [0.4, 0.5) is 0 Å². The maximum Gasteiger partial charge on any atom is 0.187 e. The predicted molar refractivity (Wildman–Crippen MR) is 123 cm³/mol. The van der Waals surface area contributed by atoms with Crippen LogP contribution < -0.4 is 5.84 Å². The van der Waals surface area contributed by atoms with E-state index in [1.807, 2.05) is 60.7 Å². The fourth-order valence-electron chi connectivity index (χ4n) is 5.91. The topological polar surface area (TPSA) is 145 Å². The third kappa shape index (κ3) is 3.41. The number of benzene rings is 2. The zero-order chi connectivity index (χ0) is 23.5. The van der Waals surface area contributed by atoms with Gasteiger partial charge in [-0.05, 0) is 43.2 Å². The molecule has 4 N–H and O–H groups in total. The van der Waals surface area contributed by atoms with Gasteiger partial charge in [-0.1, -0.05) is 60.7 Å². The quantitative estimate of drug-likeness (QED) is 0.248. The molecular formula is C25H28N6O2. The fraction of sp³-hybridized carbons (Fsp3) is 0.400. The Morgan fingerprint density at radius 2 is 1.55 bits per heavy atom. The highest BCUT2D eigenvalue weighted by atomic mass is 16.1. The number of hydrogen-bond acceptors (Lipinski definition) is 8. The molecule has 4 rings (SSSR count). The molecule has 0 amide bonds. The van der Waals surface area contributed by atoms with Gasteiger partial charge in [0, 0.05) is 12.3 Å². The summed E-state index contributed by atoms with van der Waals surface area (Å²) in [6, 6.07) is 19.1. The summed E-state index contributed by atoms with van der Waals surface area (Å²) in [4.78, 5) is 25.7. The monoisotopic (exact) mass is 444 g/mol. The highest BCUT2D eigenvalue weighted by molar-refractivity contribution is 6.44. The number of nitrogens with one attached hydrogen (secondary N) is 2. The van der Waals surface area contributed by atoms with Crippen LogP contribution in [0.1, 0.15) is 43.2 Å². The molecule has 2 aromatic rings. The fourth-order valence-corrected chi connectivity index (χ4v) is 5.91. The van der Waals surface area contributed by atoms with Crippen molar-refractivity contribution in [1.29, 1.82) is 11.1 Å². The van der Waals surface area contributed by atoms with Crippen molar-refractivity contribution in [3.63, 3.8) is 0 Å². The molecule has 8 heteroatoms. The average molecular weight is 445 g/mol. The van der Waals surface area contributed by atoms with E-state index in [4.69, 9.17) is 16.9 Å². The summed E-state index contributed by atoms with van der Waals surface area (Å²) >= 11 is 0. The maximum absolute atomic E-state index is 13.6. The molecule has 0 saturated heterocycles. The van der Waals surface area contributed by atoms with Crippen LogP contribution in [0.25, 0.3) is 0 Å². The molecule has 33 heavy (non-hydrogen) atoms. The van der Waals surface area contributed by atoms with E-state index in [0.717, 1.165) is 17.4 Å². The first-order chi connectivity index (χ1) is 16.0. The molecule has 2 saturated carbocycles. The van der Waals surface area contributed by atoms with Crippen LogP contribution in [-0.4, -0.2) is 23.3 Å². The first-order valence-corrected chi connectivity index (χ1v) is 11.1. The van der Waals surface area contributed by atoms with Crippen LogP contribution in [0.3, 0.4) is 0 Å². The maximum atomic E-state index is 13.6. The Balaban J connectivity index is 1.71. The Kier molecular flexibility index (Phi) is 6.01. The van der Waals surface area contributed by atoms with Crippen molar-refractivity contribution in [2.75, 3.05) is 0 Å². The van der Waals surface area contributed by atoms with E-state index >= 15 is 0 Å². The van der Waals surface area contributed by atoms with Gasteiger partial charge < -0.3 is 10.6 Å². The summed E-state index contributed by atoms with van der Waals surface area (Å²) in [7, 11) is 0. The van der Waals surface area contributed by atoms with Gasteiger partial charge in [0.05, 0.1) is 11.0 Å². The van der Waals surface area contributed by atoms with E-state index in [9.17, 15) is 9.59 Å². The lowest BCUT2D eigenvalue weighted by molar-refractivity contribution is -0.128. The number of hydrazone groups is 1. The lowest BCUT2D eigenvalue weighted by Crippen LogP contribution is -2.52. The van der Waals surface area contributed by atoms with E-state index in [2.05, 4.69) is 15.3 Å². The standard InChI is InChI=1S/C25H28N6O2/c26-29-21-16-25(31-28,19-9-5-2-6-10-19)23(22(21)33)11-13-24(30-27,14-12-23)20(17-32)15-18-7-3-1-4-8-18/h1-10,17,20,27-28H,11-16,26H2. The van der Waals surface area contributed by atoms with Crippen LogP contribution in [0.15, 0.2) is 76.0 Å². The molecule has 0 aromatic heterocycles. The number of nitrogens with zero attached hydrogens (tertiary/aromatic N) is 3. The number of rotatable bonds is 7. The summed E-state index contributed by atoms with van der Waals surface area (Å²) in [5.74, 6) is 4.91. The van der Waals surface area contributed by atoms with Gasteiger partial charge in [0.1, 0.15) is 17.5 Å². The molecular weight excluding hydrogens is 416 g/mol. The van der Waals surface area contributed by atoms with Crippen molar-refractivity contribution in [2.45, 2.75) is 49.6 Å². The minimum Gasteiger partial charge on any atom is -0.323 e. The minimum absolute atomic E-state index is 0.169. The molecule has 0 radical (unpaired) electrons. The van der Waals surface area contributed by atoms with E-state index in [0.29, 0.717) is 32.1 Å². The van der Waals surface area contributed by atoms with Gasteiger partial charge in [0.2, 0.25) is 0 Å². The molecule has 8 nitrogen and oxygen atoms in total. The van der Waals surface area contributed by atoms with Gasteiger partial charge >= 0.3 is 0 Å². The molecule has 170 valence electrons. The average Bonchev–Trinajstić information content (AvgIpc) is 3.12. The van der Waals surface area contributed by atoms with Crippen LogP contribution in [0.2, 0.25) is 0 Å². The number of ketones is 1. The zero-order valence-electron chi connectivity index (χ0n) is 18.4. The molecule has 2 aliphatic rings. The number of hydrogen-bond donors (Lipinski definition) is 3. The first-order valence-electron chi connectivity index (χ1n) is 11.1. The molecule has 0 bridgehead atoms. The van der Waals surface area contributed by atoms with Gasteiger partial charge in [-0.25, -0.2) is 11.1 Å². The molecule has 2 atom stereocenters. The summed E-state index contributed by atoms with van der Waals surface area (Å²) in [5.41, 5.74) is 15.2. The van der Waals surface area contributed by atoms with Crippen molar-refractivity contribution in [1.82, 2.24) is 0 Å². The second-order valence-electron chi connectivity index (χ2n) is 9.15. The largest absolute Gasteiger partial charge is 0.323 e. The smallest absolute Gasteiger partial charge is 0.187 e. The lowest BCUT2D eigenvalue weighted by atomic mass is 9.56. The van der Waals surface area contributed by atoms with Gasteiger partial charge in [-0.15, -0.1) is 0 Å². The van der Waals surface area contributed by atoms with Crippen LogP contribution >= 0.6 is 0 Å². The molecule has 1 spiro atoms. The second-order valence-corrected chi connectivity index (χ2v) is 9.15. The Morgan fingerprint density at radius 1 is 0.939 bits per heavy atom. The summed E-state index contributed by atoms with van der Waals surface area (Å²) in [6.45, 7) is 0. The molecule has 2 aromatic carbocycles. The Hall–Kier alpha value is -3.55. The van der Waals surface area contributed by atoms with Crippen LogP contribution in [0.5, 0.6) is 0 Å². The van der Waals surface area contributed by atoms with Crippen molar-refractivity contribution >= 4 is 17.8 Å². The van der Waals surface area contributed by atoms with E-state index in [1.165, 1.54) is 0 Å². The molecule has 0 heterocycles. The predicted octanol–water partition coefficient (Wildman–Crippen LogP) is 4.59. The van der Waals surface area contributed by atoms with Gasteiger partial charge in [-0.3, -0.25) is 4.79 Å². The third-order valence-corrected chi connectivity index (χ3v) is 7.85. The van der Waals surface area contributed by atoms with Crippen LogP contribution in [-0.2, 0) is 21.5 Å². The number of nitrogens with two attached hydrogens (primary N) is 1. The van der Waals surface area contributed by atoms with E-state index in [-0.39, 0.29) is 17.9 Å². The summed E-state index contributed by atoms with van der Waals surface area (Å²) < 4.78 is 0. The molecule has 2 fully saturated rings. The Morgan fingerprint density at radius 3 is 2.06 bits per heavy atom. The molecule has 0 aliphatic heterocycles. The number of carbonyl (C=O) groups is 2. The Labute approximate surface area is 192 Å². The highest BCUT2D eigenvalue weighted by Gasteiger charge is 2.66. The number of aldehydes is 1. The van der Waals surface area contributed by atoms with Crippen molar-refractivity contribution < 1.29 is 9.59 Å². The molecule has 2 aliphatic carbocycles. The van der Waals surface area contributed by atoms with Crippen molar-refractivity contribution in [2.24, 2.45) is 32.5 Å². The van der Waals surface area contributed by atoms with Crippen molar-refractivity contribution in [3.05, 3.63) is 71.8 Å². The van der Waals surface area contributed by atoms with Crippen LogP contribution in [0, 0.1) is 22.4 Å². The lowest BCUT2D eigenvalue weighted by Gasteiger charge is -2.48.